The predicted molar refractivity (Wildman–Crippen MR) is 94.3 cm³/mol. The summed E-state index contributed by atoms with van der Waals surface area (Å²) >= 11 is 4.97. The molecule has 2 aliphatic heterocycles. The quantitative estimate of drug-likeness (QED) is 0.459. The van der Waals surface area contributed by atoms with Gasteiger partial charge in [-0.3, -0.25) is 14.8 Å². The number of thiol groups is 1. The van der Waals surface area contributed by atoms with E-state index in [1.807, 2.05) is 6.08 Å². The molecule has 0 spiro atoms. The van der Waals surface area contributed by atoms with Gasteiger partial charge in [0.25, 0.3) is 0 Å². The number of piperazine rings is 1. The van der Waals surface area contributed by atoms with Gasteiger partial charge in [-0.05, 0) is 38.7 Å². The SMILES string of the molecule is C=C/C(=C\N=C)C1(S)CCCN1CCN1CCN(C)CC1. The fraction of sp³-hybridized carbons (Fsp3) is 0.688. The van der Waals surface area contributed by atoms with Crippen LogP contribution in [0.1, 0.15) is 12.8 Å². The summed E-state index contributed by atoms with van der Waals surface area (Å²) in [6.07, 6.45) is 5.89. The van der Waals surface area contributed by atoms with Crippen LogP contribution in [0.5, 0.6) is 0 Å². The summed E-state index contributed by atoms with van der Waals surface area (Å²) < 4.78 is 0. The Balaban J connectivity index is 1.94. The second-order valence-corrected chi connectivity index (χ2v) is 6.76. The van der Waals surface area contributed by atoms with Crippen molar-refractivity contribution in [3.63, 3.8) is 0 Å². The first-order valence-electron chi connectivity index (χ1n) is 7.77. The maximum atomic E-state index is 4.97. The molecule has 2 aliphatic rings. The third kappa shape index (κ3) is 3.97. The van der Waals surface area contributed by atoms with Gasteiger partial charge in [0.15, 0.2) is 0 Å². The van der Waals surface area contributed by atoms with Crippen molar-refractivity contribution in [2.24, 2.45) is 4.99 Å². The molecule has 1 unspecified atom stereocenters. The Bertz CT molecular complexity index is 401. The Labute approximate surface area is 134 Å². The van der Waals surface area contributed by atoms with E-state index < -0.39 is 0 Å². The van der Waals surface area contributed by atoms with Gasteiger partial charge in [-0.25, -0.2) is 0 Å². The fourth-order valence-electron chi connectivity index (χ4n) is 3.23. The van der Waals surface area contributed by atoms with E-state index >= 15 is 0 Å². The number of likely N-dealkylation sites (tertiary alicyclic amines) is 1. The normalized spacial score (nSPS) is 29.7. The maximum Gasteiger partial charge on any atom is 0.0913 e. The van der Waals surface area contributed by atoms with E-state index in [0.29, 0.717) is 0 Å². The van der Waals surface area contributed by atoms with Gasteiger partial charge < -0.3 is 4.90 Å². The molecule has 0 radical (unpaired) electrons. The standard InChI is InChI=1S/C16H28N4S/c1-4-15(14-17-2)16(21)6-5-7-20(16)13-12-19-10-8-18(3)9-11-19/h4,14,21H,1-2,5-13H2,3H3/b15-14+. The molecular weight excluding hydrogens is 280 g/mol. The van der Waals surface area contributed by atoms with Crippen molar-refractivity contribution in [1.82, 2.24) is 14.7 Å². The Morgan fingerprint density at radius 2 is 1.95 bits per heavy atom. The number of rotatable bonds is 6. The van der Waals surface area contributed by atoms with Crippen molar-refractivity contribution < 1.29 is 0 Å². The zero-order chi connectivity index (χ0) is 15.3. The first kappa shape index (κ1) is 16.7. The van der Waals surface area contributed by atoms with Crippen LogP contribution in [-0.2, 0) is 0 Å². The summed E-state index contributed by atoms with van der Waals surface area (Å²) in [5.74, 6) is 0. The minimum absolute atomic E-state index is 0.227. The molecular formula is C16H28N4S. The van der Waals surface area contributed by atoms with Gasteiger partial charge in [0.1, 0.15) is 0 Å². The average Bonchev–Trinajstić information content (AvgIpc) is 2.86. The smallest absolute Gasteiger partial charge is 0.0913 e. The van der Waals surface area contributed by atoms with Crippen LogP contribution in [0.15, 0.2) is 29.4 Å². The maximum absolute atomic E-state index is 4.97. The molecule has 0 saturated carbocycles. The van der Waals surface area contributed by atoms with E-state index in [4.69, 9.17) is 12.6 Å². The number of nitrogens with zero attached hydrogens (tertiary/aromatic N) is 4. The highest BCUT2D eigenvalue weighted by Gasteiger charge is 2.39. The van der Waals surface area contributed by atoms with Gasteiger partial charge in [-0.2, -0.15) is 12.6 Å². The van der Waals surface area contributed by atoms with Crippen LogP contribution in [-0.4, -0.2) is 79.1 Å². The molecule has 118 valence electrons. The van der Waals surface area contributed by atoms with Crippen molar-refractivity contribution in [3.05, 3.63) is 24.4 Å². The summed E-state index contributed by atoms with van der Waals surface area (Å²) in [5.41, 5.74) is 1.07. The monoisotopic (exact) mass is 308 g/mol. The summed E-state index contributed by atoms with van der Waals surface area (Å²) in [5, 5.41) is 0. The highest BCUT2D eigenvalue weighted by Crippen LogP contribution is 2.39. The molecule has 0 aromatic heterocycles. The number of hydrogen-bond acceptors (Lipinski definition) is 5. The van der Waals surface area contributed by atoms with Crippen LogP contribution in [0.25, 0.3) is 0 Å². The zero-order valence-corrected chi connectivity index (χ0v) is 14.1. The molecule has 2 rings (SSSR count). The minimum Gasteiger partial charge on any atom is -0.304 e. The van der Waals surface area contributed by atoms with Gasteiger partial charge in [-0.15, -0.1) is 0 Å². The minimum atomic E-state index is -0.227. The van der Waals surface area contributed by atoms with Crippen LogP contribution in [0, 0.1) is 0 Å². The summed E-state index contributed by atoms with van der Waals surface area (Å²) in [4.78, 5) is 11.1. The van der Waals surface area contributed by atoms with E-state index in [-0.39, 0.29) is 4.87 Å². The number of hydrogen-bond donors (Lipinski definition) is 1. The molecule has 2 heterocycles. The first-order valence-corrected chi connectivity index (χ1v) is 8.22. The molecule has 0 N–H and O–H groups in total. The van der Waals surface area contributed by atoms with E-state index in [1.165, 1.54) is 32.6 Å². The molecule has 0 amide bonds. The molecule has 0 aliphatic carbocycles. The van der Waals surface area contributed by atoms with Gasteiger partial charge in [0.05, 0.1) is 4.87 Å². The van der Waals surface area contributed by atoms with Gasteiger partial charge in [0, 0.05) is 45.5 Å². The van der Waals surface area contributed by atoms with Gasteiger partial charge in [-0.1, -0.05) is 12.7 Å². The summed E-state index contributed by atoms with van der Waals surface area (Å²) in [6.45, 7) is 15.4. The number of aliphatic imine (C=N–C) groups is 1. The molecule has 0 bridgehead atoms. The van der Waals surface area contributed by atoms with Crippen molar-refractivity contribution in [3.8, 4) is 0 Å². The number of likely N-dealkylation sites (N-methyl/N-ethyl adjacent to an activating group) is 1. The van der Waals surface area contributed by atoms with Crippen molar-refractivity contribution >= 4 is 19.3 Å². The molecule has 4 nitrogen and oxygen atoms in total. The Hall–Kier alpha value is -0.620. The highest BCUT2D eigenvalue weighted by atomic mass is 32.1. The van der Waals surface area contributed by atoms with Gasteiger partial charge >= 0.3 is 0 Å². The average molecular weight is 308 g/mol. The Morgan fingerprint density at radius 3 is 2.57 bits per heavy atom. The second kappa shape index (κ2) is 7.58. The Kier molecular flexibility index (Phi) is 6.05. The summed E-state index contributed by atoms with van der Waals surface area (Å²) in [6, 6.07) is 0. The van der Waals surface area contributed by atoms with E-state index in [2.05, 4.69) is 40.0 Å². The lowest BCUT2D eigenvalue weighted by Gasteiger charge is -2.38. The van der Waals surface area contributed by atoms with Crippen molar-refractivity contribution in [2.75, 3.05) is 52.9 Å². The Morgan fingerprint density at radius 1 is 1.24 bits per heavy atom. The van der Waals surface area contributed by atoms with Crippen LogP contribution in [0.3, 0.4) is 0 Å². The van der Waals surface area contributed by atoms with Crippen LogP contribution in [0.2, 0.25) is 0 Å². The zero-order valence-electron chi connectivity index (χ0n) is 13.2. The van der Waals surface area contributed by atoms with E-state index in [9.17, 15) is 0 Å². The molecule has 21 heavy (non-hydrogen) atoms. The lowest BCUT2D eigenvalue weighted by atomic mass is 10.0. The third-order valence-corrected chi connectivity index (χ3v) is 5.44. The lowest BCUT2D eigenvalue weighted by molar-refractivity contribution is 0.132. The molecule has 2 fully saturated rings. The van der Waals surface area contributed by atoms with Crippen LogP contribution < -0.4 is 0 Å². The third-order valence-electron chi connectivity index (χ3n) is 4.67. The molecule has 2 saturated heterocycles. The molecule has 1 atom stereocenters. The molecule has 5 heteroatoms. The molecule has 0 aromatic rings. The summed E-state index contributed by atoms with van der Waals surface area (Å²) in [7, 11) is 2.19. The van der Waals surface area contributed by atoms with Gasteiger partial charge in [0.2, 0.25) is 0 Å². The van der Waals surface area contributed by atoms with Crippen LogP contribution >= 0.6 is 12.6 Å². The van der Waals surface area contributed by atoms with Crippen LogP contribution in [0.4, 0.5) is 0 Å². The predicted octanol–water partition coefficient (Wildman–Crippen LogP) is 1.73. The van der Waals surface area contributed by atoms with E-state index in [0.717, 1.165) is 31.6 Å². The highest BCUT2D eigenvalue weighted by molar-refractivity contribution is 7.82. The topological polar surface area (TPSA) is 22.1 Å². The molecule has 0 aromatic carbocycles. The largest absolute Gasteiger partial charge is 0.304 e. The van der Waals surface area contributed by atoms with E-state index in [1.54, 1.807) is 6.20 Å². The fourth-order valence-corrected chi connectivity index (χ4v) is 3.74. The van der Waals surface area contributed by atoms with Crippen molar-refractivity contribution in [1.29, 1.82) is 0 Å². The lowest BCUT2D eigenvalue weighted by Crippen LogP contribution is -2.49. The second-order valence-electron chi connectivity index (χ2n) is 6.02. The van der Waals surface area contributed by atoms with Crippen molar-refractivity contribution in [2.45, 2.75) is 17.7 Å². The first-order chi connectivity index (χ1) is 10.1.